The van der Waals surface area contributed by atoms with Crippen molar-refractivity contribution in [3.63, 3.8) is 0 Å². The summed E-state index contributed by atoms with van der Waals surface area (Å²) in [5, 5.41) is 9.44. The number of rotatable bonds is 8. The van der Waals surface area contributed by atoms with Gasteiger partial charge in [-0.1, -0.05) is 66.7 Å². The van der Waals surface area contributed by atoms with Crippen LogP contribution in [0.25, 0.3) is 0 Å². The quantitative estimate of drug-likeness (QED) is 0.596. The van der Waals surface area contributed by atoms with Crippen molar-refractivity contribution < 1.29 is 14.3 Å². The lowest BCUT2D eigenvalue weighted by atomic mass is 10.0. The van der Waals surface area contributed by atoms with Gasteiger partial charge in [-0.25, -0.2) is 0 Å². The van der Waals surface area contributed by atoms with E-state index in [1.165, 1.54) is 0 Å². The Hall–Kier alpha value is -3.62. The van der Waals surface area contributed by atoms with E-state index in [0.717, 1.165) is 16.7 Å². The van der Waals surface area contributed by atoms with E-state index in [0.29, 0.717) is 17.9 Å². The number of benzene rings is 3. The van der Waals surface area contributed by atoms with Gasteiger partial charge >= 0.3 is 5.97 Å². The topological polar surface area (TPSA) is 85.3 Å². The molecular weight excluding hydrogens is 364 g/mol. The summed E-state index contributed by atoms with van der Waals surface area (Å²) in [6.07, 6.45) is 0.279. The lowest BCUT2D eigenvalue weighted by Gasteiger charge is -2.13. The Balaban J connectivity index is 1.57. The van der Waals surface area contributed by atoms with Crippen LogP contribution >= 0.6 is 0 Å². The molecule has 0 aromatic heterocycles. The average molecular weight is 386 g/mol. The summed E-state index contributed by atoms with van der Waals surface area (Å²) < 4.78 is 11.0. The third kappa shape index (κ3) is 5.93. The van der Waals surface area contributed by atoms with Crippen LogP contribution in [0.3, 0.4) is 0 Å². The highest BCUT2D eigenvalue weighted by atomic mass is 16.5. The second-order valence-electron chi connectivity index (χ2n) is 6.62. The zero-order chi connectivity index (χ0) is 20.5. The molecule has 0 spiro atoms. The summed E-state index contributed by atoms with van der Waals surface area (Å²) in [4.78, 5) is 12.2. The van der Waals surface area contributed by atoms with Gasteiger partial charge in [0.15, 0.2) is 0 Å². The van der Waals surface area contributed by atoms with E-state index in [9.17, 15) is 10.1 Å². The third-order valence-electron chi connectivity index (χ3n) is 4.38. The first-order valence-electron chi connectivity index (χ1n) is 9.31. The van der Waals surface area contributed by atoms with Crippen molar-refractivity contribution in [2.75, 3.05) is 0 Å². The second-order valence-corrected chi connectivity index (χ2v) is 6.62. The number of carbonyl (C=O) groups excluding carboxylic acids is 1. The van der Waals surface area contributed by atoms with Gasteiger partial charge in [0.1, 0.15) is 31.1 Å². The lowest BCUT2D eigenvalue weighted by molar-refractivity contribution is -0.146. The van der Waals surface area contributed by atoms with Gasteiger partial charge in [0.2, 0.25) is 0 Å². The van der Waals surface area contributed by atoms with E-state index in [2.05, 4.69) is 6.07 Å². The molecule has 0 heterocycles. The zero-order valence-corrected chi connectivity index (χ0v) is 16.0. The minimum absolute atomic E-state index is 0.184. The van der Waals surface area contributed by atoms with Crippen molar-refractivity contribution in [2.45, 2.75) is 25.7 Å². The number of ether oxygens (including phenoxy) is 2. The largest absolute Gasteiger partial charge is 0.488 e. The molecule has 3 aromatic carbocycles. The predicted octanol–water partition coefficient (Wildman–Crippen LogP) is 3.75. The summed E-state index contributed by atoms with van der Waals surface area (Å²) in [5.41, 5.74) is 9.09. The van der Waals surface area contributed by atoms with Crippen LogP contribution < -0.4 is 10.5 Å². The molecule has 3 aromatic rings. The summed E-state index contributed by atoms with van der Waals surface area (Å²) >= 11 is 0. The van der Waals surface area contributed by atoms with E-state index in [-0.39, 0.29) is 13.0 Å². The van der Waals surface area contributed by atoms with E-state index in [1.54, 1.807) is 12.1 Å². The third-order valence-corrected chi connectivity index (χ3v) is 4.38. The maximum Gasteiger partial charge on any atom is 0.323 e. The predicted molar refractivity (Wildman–Crippen MR) is 110 cm³/mol. The SMILES string of the molecule is N#Cc1cc(C[C@H](N)C(=O)OCc2ccccc2)ccc1OCc1ccccc1. The van der Waals surface area contributed by atoms with E-state index >= 15 is 0 Å². The first kappa shape index (κ1) is 20.1. The Kier molecular flexibility index (Phi) is 6.99. The molecule has 0 amide bonds. The molecule has 0 aliphatic heterocycles. The number of carbonyl (C=O) groups is 1. The number of hydrogen-bond donors (Lipinski definition) is 1. The molecule has 0 fully saturated rings. The van der Waals surface area contributed by atoms with Gasteiger partial charge in [0.05, 0.1) is 5.56 Å². The molecule has 0 unspecified atom stereocenters. The number of esters is 1. The van der Waals surface area contributed by atoms with Crippen LogP contribution in [-0.2, 0) is 29.2 Å². The van der Waals surface area contributed by atoms with Crippen molar-refractivity contribution in [3.8, 4) is 11.8 Å². The molecule has 29 heavy (non-hydrogen) atoms. The molecule has 2 N–H and O–H groups in total. The summed E-state index contributed by atoms with van der Waals surface area (Å²) in [6, 6.07) is 25.7. The monoisotopic (exact) mass is 386 g/mol. The molecule has 5 heteroatoms. The zero-order valence-electron chi connectivity index (χ0n) is 16.0. The van der Waals surface area contributed by atoms with E-state index in [1.807, 2.05) is 66.7 Å². The first-order chi connectivity index (χ1) is 14.2. The van der Waals surface area contributed by atoms with Gasteiger partial charge in [-0.15, -0.1) is 0 Å². The number of hydrogen-bond acceptors (Lipinski definition) is 5. The van der Waals surface area contributed by atoms with Gasteiger partial charge in [-0.3, -0.25) is 4.79 Å². The Bertz CT molecular complexity index is 982. The van der Waals surface area contributed by atoms with Crippen LogP contribution in [0.1, 0.15) is 22.3 Å². The molecule has 0 bridgehead atoms. The van der Waals surface area contributed by atoms with Crippen molar-refractivity contribution in [3.05, 3.63) is 101 Å². The molecule has 0 radical (unpaired) electrons. The minimum Gasteiger partial charge on any atom is -0.488 e. The normalized spacial score (nSPS) is 11.3. The molecule has 5 nitrogen and oxygen atoms in total. The van der Waals surface area contributed by atoms with Gasteiger partial charge in [-0.2, -0.15) is 5.26 Å². The van der Waals surface area contributed by atoms with Crippen LogP contribution in [0.5, 0.6) is 5.75 Å². The standard InChI is InChI=1S/C24H22N2O3/c25-15-21-13-20(11-12-23(21)28-16-18-7-3-1-4-8-18)14-22(26)24(27)29-17-19-9-5-2-6-10-19/h1-13,22H,14,16-17,26H2/t22-/m0/s1. The average Bonchev–Trinajstić information content (AvgIpc) is 2.77. The summed E-state index contributed by atoms with van der Waals surface area (Å²) in [7, 11) is 0. The van der Waals surface area contributed by atoms with Crippen LogP contribution in [0.2, 0.25) is 0 Å². The van der Waals surface area contributed by atoms with E-state index in [4.69, 9.17) is 15.2 Å². The maximum atomic E-state index is 12.2. The Labute approximate surface area is 170 Å². The first-order valence-corrected chi connectivity index (χ1v) is 9.31. The number of nitrogens with zero attached hydrogens (tertiary/aromatic N) is 1. The van der Waals surface area contributed by atoms with Crippen LogP contribution in [0.15, 0.2) is 78.9 Å². The van der Waals surface area contributed by atoms with E-state index < -0.39 is 12.0 Å². The van der Waals surface area contributed by atoms with Crippen LogP contribution in [0.4, 0.5) is 0 Å². The highest BCUT2D eigenvalue weighted by molar-refractivity contribution is 5.76. The summed E-state index contributed by atoms with van der Waals surface area (Å²) in [5.74, 6) is 0.0251. The molecule has 1 atom stereocenters. The second kappa shape index (κ2) is 10.1. The number of nitriles is 1. The van der Waals surface area contributed by atoms with Crippen LogP contribution in [0, 0.1) is 11.3 Å². The van der Waals surface area contributed by atoms with Crippen molar-refractivity contribution in [2.24, 2.45) is 5.73 Å². The lowest BCUT2D eigenvalue weighted by Crippen LogP contribution is -2.34. The fourth-order valence-electron chi connectivity index (χ4n) is 2.83. The highest BCUT2D eigenvalue weighted by Crippen LogP contribution is 2.21. The number of nitrogens with two attached hydrogens (primary N) is 1. The minimum atomic E-state index is -0.804. The molecule has 0 saturated heterocycles. The molecular formula is C24H22N2O3. The maximum absolute atomic E-state index is 12.2. The Morgan fingerprint density at radius 3 is 2.14 bits per heavy atom. The molecule has 3 rings (SSSR count). The fourth-order valence-corrected chi connectivity index (χ4v) is 2.83. The Morgan fingerprint density at radius 1 is 0.897 bits per heavy atom. The molecule has 146 valence electrons. The highest BCUT2D eigenvalue weighted by Gasteiger charge is 2.17. The van der Waals surface area contributed by atoms with Crippen LogP contribution in [-0.4, -0.2) is 12.0 Å². The fraction of sp³-hybridized carbons (Fsp3) is 0.167. The van der Waals surface area contributed by atoms with Crippen molar-refractivity contribution in [1.29, 1.82) is 5.26 Å². The summed E-state index contributed by atoms with van der Waals surface area (Å²) in [6.45, 7) is 0.559. The van der Waals surface area contributed by atoms with Crippen molar-refractivity contribution >= 4 is 5.97 Å². The van der Waals surface area contributed by atoms with Gasteiger partial charge in [0, 0.05) is 0 Å². The molecule has 0 aliphatic rings. The van der Waals surface area contributed by atoms with Gasteiger partial charge in [-0.05, 0) is 35.2 Å². The van der Waals surface area contributed by atoms with Crippen molar-refractivity contribution in [1.82, 2.24) is 0 Å². The molecule has 0 aliphatic carbocycles. The van der Waals surface area contributed by atoms with Gasteiger partial charge < -0.3 is 15.2 Å². The molecule has 0 saturated carbocycles. The Morgan fingerprint density at radius 2 is 1.52 bits per heavy atom. The smallest absolute Gasteiger partial charge is 0.323 e. The van der Waals surface area contributed by atoms with Gasteiger partial charge in [0.25, 0.3) is 0 Å².